The molecular weight excluding hydrogens is 308 g/mol. The van der Waals surface area contributed by atoms with Crippen LogP contribution in [0.1, 0.15) is 51.0 Å². The van der Waals surface area contributed by atoms with E-state index in [1.807, 2.05) is 6.07 Å². The Morgan fingerprint density at radius 1 is 1.00 bits per heavy atom. The SMILES string of the molecule is CCCCCCC=C(C=CCCOCc1ccccc1)[Si](C)(C)C. The fourth-order valence-corrected chi connectivity index (χ4v) is 3.95. The Kier molecular flexibility index (Phi) is 10.7. The van der Waals surface area contributed by atoms with Crippen molar-refractivity contribution in [2.75, 3.05) is 6.61 Å². The molecule has 0 aliphatic heterocycles. The summed E-state index contributed by atoms with van der Waals surface area (Å²) in [6.45, 7) is 11.1. The number of rotatable bonds is 12. The first-order chi connectivity index (χ1) is 11.5. The summed E-state index contributed by atoms with van der Waals surface area (Å²) in [6, 6.07) is 10.4. The summed E-state index contributed by atoms with van der Waals surface area (Å²) in [5.74, 6) is 0. The maximum atomic E-state index is 5.75. The van der Waals surface area contributed by atoms with Crippen LogP contribution in [0.2, 0.25) is 19.6 Å². The highest BCUT2D eigenvalue weighted by atomic mass is 28.3. The van der Waals surface area contributed by atoms with Crippen LogP contribution < -0.4 is 0 Å². The molecule has 0 N–H and O–H groups in total. The largest absolute Gasteiger partial charge is 0.376 e. The predicted molar refractivity (Wildman–Crippen MR) is 110 cm³/mol. The highest BCUT2D eigenvalue weighted by Crippen LogP contribution is 2.18. The van der Waals surface area contributed by atoms with Crippen LogP contribution in [0.5, 0.6) is 0 Å². The highest BCUT2D eigenvalue weighted by molar-refractivity contribution is 6.83. The second kappa shape index (κ2) is 12.3. The first kappa shape index (κ1) is 20.9. The van der Waals surface area contributed by atoms with Gasteiger partial charge in [0.15, 0.2) is 0 Å². The average molecular weight is 345 g/mol. The lowest BCUT2D eigenvalue weighted by molar-refractivity contribution is 0.125. The summed E-state index contributed by atoms with van der Waals surface area (Å²) < 4.78 is 5.75. The van der Waals surface area contributed by atoms with Crippen LogP contribution in [-0.4, -0.2) is 14.7 Å². The first-order valence-corrected chi connectivity index (χ1v) is 13.0. The van der Waals surface area contributed by atoms with E-state index >= 15 is 0 Å². The quantitative estimate of drug-likeness (QED) is 0.227. The molecule has 0 aliphatic carbocycles. The van der Waals surface area contributed by atoms with E-state index < -0.39 is 8.07 Å². The summed E-state index contributed by atoms with van der Waals surface area (Å²) in [5.41, 5.74) is 1.25. The summed E-state index contributed by atoms with van der Waals surface area (Å²) >= 11 is 0. The molecule has 0 amide bonds. The number of benzene rings is 1. The first-order valence-electron chi connectivity index (χ1n) is 9.53. The van der Waals surface area contributed by atoms with Crippen molar-refractivity contribution in [3.05, 3.63) is 59.3 Å². The van der Waals surface area contributed by atoms with Crippen LogP contribution in [0.3, 0.4) is 0 Å². The summed E-state index contributed by atoms with van der Waals surface area (Å²) in [6.07, 6.45) is 14.7. The molecular formula is C22H36OSi. The molecule has 0 aliphatic rings. The maximum Gasteiger partial charge on any atom is 0.0771 e. The van der Waals surface area contributed by atoms with Crippen molar-refractivity contribution in [2.45, 2.75) is 71.7 Å². The molecule has 24 heavy (non-hydrogen) atoms. The normalized spacial score (nSPS) is 12.9. The second-order valence-corrected chi connectivity index (χ2v) is 12.6. The monoisotopic (exact) mass is 344 g/mol. The van der Waals surface area contributed by atoms with E-state index in [1.165, 1.54) is 37.7 Å². The number of unbranched alkanes of at least 4 members (excludes halogenated alkanes) is 4. The molecule has 0 spiro atoms. The lowest BCUT2D eigenvalue weighted by Crippen LogP contribution is -2.22. The number of ether oxygens (including phenoxy) is 1. The Morgan fingerprint density at radius 3 is 2.42 bits per heavy atom. The molecule has 1 aromatic carbocycles. The van der Waals surface area contributed by atoms with Crippen molar-refractivity contribution in [3.63, 3.8) is 0 Å². The molecule has 0 bridgehead atoms. The summed E-state index contributed by atoms with van der Waals surface area (Å²) in [7, 11) is -1.24. The topological polar surface area (TPSA) is 9.23 Å². The van der Waals surface area contributed by atoms with E-state index in [9.17, 15) is 0 Å². The van der Waals surface area contributed by atoms with Gasteiger partial charge in [0.05, 0.1) is 21.3 Å². The van der Waals surface area contributed by atoms with E-state index in [1.54, 1.807) is 5.20 Å². The third-order valence-corrected chi connectivity index (χ3v) is 6.23. The maximum absolute atomic E-state index is 5.75. The van der Waals surface area contributed by atoms with Crippen molar-refractivity contribution in [1.82, 2.24) is 0 Å². The molecule has 1 rings (SSSR count). The fraction of sp³-hybridized carbons (Fsp3) is 0.545. The van der Waals surface area contributed by atoms with Crippen LogP contribution in [-0.2, 0) is 11.3 Å². The third kappa shape index (κ3) is 9.89. The molecule has 0 aromatic heterocycles. The average Bonchev–Trinajstić information content (AvgIpc) is 2.55. The Hall–Kier alpha value is -1.12. The molecule has 2 heteroatoms. The number of hydrogen-bond acceptors (Lipinski definition) is 1. The van der Waals surface area contributed by atoms with Crippen molar-refractivity contribution >= 4 is 8.07 Å². The number of hydrogen-bond donors (Lipinski definition) is 0. The van der Waals surface area contributed by atoms with E-state index in [2.05, 4.69) is 69.1 Å². The highest BCUT2D eigenvalue weighted by Gasteiger charge is 2.16. The van der Waals surface area contributed by atoms with Crippen molar-refractivity contribution in [1.29, 1.82) is 0 Å². The fourth-order valence-electron chi connectivity index (χ4n) is 2.58. The van der Waals surface area contributed by atoms with Crippen molar-refractivity contribution in [2.24, 2.45) is 0 Å². The molecule has 0 radical (unpaired) electrons. The van der Waals surface area contributed by atoms with E-state index in [0.29, 0.717) is 6.61 Å². The lowest BCUT2D eigenvalue weighted by Gasteiger charge is -2.18. The van der Waals surface area contributed by atoms with Gasteiger partial charge in [0, 0.05) is 0 Å². The molecule has 134 valence electrons. The molecule has 1 aromatic rings. The smallest absolute Gasteiger partial charge is 0.0771 e. The van der Waals surface area contributed by atoms with Crippen LogP contribution >= 0.6 is 0 Å². The zero-order chi connectivity index (χ0) is 17.7. The van der Waals surface area contributed by atoms with Crippen LogP contribution in [0, 0.1) is 0 Å². The standard InChI is InChI=1S/C22H36OSi/c1-5-6-7-8-12-17-22(24(2,3)4)18-13-14-19-23-20-21-15-10-9-11-16-21/h9-11,13,15-18H,5-8,12,14,19-20H2,1-4H3. The predicted octanol–water partition coefficient (Wildman–Crippen LogP) is 6.92. The van der Waals surface area contributed by atoms with E-state index in [-0.39, 0.29) is 0 Å². The van der Waals surface area contributed by atoms with Gasteiger partial charge < -0.3 is 4.74 Å². The van der Waals surface area contributed by atoms with Crippen LogP contribution in [0.4, 0.5) is 0 Å². The molecule has 0 unspecified atom stereocenters. The van der Waals surface area contributed by atoms with Gasteiger partial charge in [-0.05, 0) is 24.8 Å². The van der Waals surface area contributed by atoms with Gasteiger partial charge in [0.1, 0.15) is 0 Å². The Morgan fingerprint density at radius 2 is 1.75 bits per heavy atom. The lowest BCUT2D eigenvalue weighted by atomic mass is 10.1. The minimum absolute atomic E-state index is 0.711. The molecule has 1 nitrogen and oxygen atoms in total. The minimum Gasteiger partial charge on any atom is -0.376 e. The Labute approximate surface area is 150 Å². The molecule has 0 atom stereocenters. The second-order valence-electron chi connectivity index (χ2n) is 7.49. The minimum atomic E-state index is -1.24. The van der Waals surface area contributed by atoms with Gasteiger partial charge in [0.25, 0.3) is 0 Å². The molecule has 0 heterocycles. The van der Waals surface area contributed by atoms with Crippen molar-refractivity contribution in [3.8, 4) is 0 Å². The molecule has 0 saturated carbocycles. The molecule has 0 fully saturated rings. The zero-order valence-corrected chi connectivity index (χ0v) is 17.2. The molecule has 0 saturated heterocycles. The zero-order valence-electron chi connectivity index (χ0n) is 16.2. The van der Waals surface area contributed by atoms with Gasteiger partial charge in [-0.2, -0.15) is 0 Å². The van der Waals surface area contributed by atoms with Gasteiger partial charge in [-0.15, -0.1) is 0 Å². The Bertz CT molecular complexity index is 482. The summed E-state index contributed by atoms with van der Waals surface area (Å²) in [5, 5.41) is 1.59. The van der Waals surface area contributed by atoms with E-state index in [0.717, 1.165) is 13.0 Å². The van der Waals surface area contributed by atoms with Gasteiger partial charge in [-0.3, -0.25) is 0 Å². The van der Waals surface area contributed by atoms with Gasteiger partial charge in [-0.1, -0.05) is 99.6 Å². The van der Waals surface area contributed by atoms with Gasteiger partial charge >= 0.3 is 0 Å². The summed E-state index contributed by atoms with van der Waals surface area (Å²) in [4.78, 5) is 0. The Balaban J connectivity index is 2.32. The van der Waals surface area contributed by atoms with Gasteiger partial charge in [-0.25, -0.2) is 0 Å². The van der Waals surface area contributed by atoms with E-state index in [4.69, 9.17) is 4.74 Å². The van der Waals surface area contributed by atoms with Gasteiger partial charge in [0.2, 0.25) is 0 Å². The third-order valence-electron chi connectivity index (χ3n) is 4.13. The van der Waals surface area contributed by atoms with Crippen LogP contribution in [0.25, 0.3) is 0 Å². The van der Waals surface area contributed by atoms with Crippen molar-refractivity contribution < 1.29 is 4.74 Å². The van der Waals surface area contributed by atoms with Crippen LogP contribution in [0.15, 0.2) is 53.8 Å². The number of allylic oxidation sites excluding steroid dienone is 3.